The van der Waals surface area contributed by atoms with Crippen LogP contribution in [-0.2, 0) is 19.9 Å². The van der Waals surface area contributed by atoms with Crippen LogP contribution in [0.4, 0.5) is 0 Å². The van der Waals surface area contributed by atoms with Gasteiger partial charge < -0.3 is 4.74 Å². The van der Waals surface area contributed by atoms with Gasteiger partial charge in [-0.3, -0.25) is 0 Å². The Hall–Kier alpha value is -1.12. The largest absolute Gasteiger partial charge is 0.491 e. The zero-order valence-corrected chi connectivity index (χ0v) is 13.3. The van der Waals surface area contributed by atoms with Crippen LogP contribution in [0.15, 0.2) is 29.2 Å². The van der Waals surface area contributed by atoms with Gasteiger partial charge in [0.1, 0.15) is 15.6 Å². The van der Waals surface area contributed by atoms with Crippen LogP contribution in [0.2, 0.25) is 0 Å². The number of benzene rings is 1. The lowest BCUT2D eigenvalue weighted by Gasteiger charge is -2.10. The molecule has 0 saturated carbocycles. The molecule has 0 unspecified atom stereocenters. The van der Waals surface area contributed by atoms with Crippen molar-refractivity contribution in [3.8, 4) is 5.75 Å². The Balaban J connectivity index is 2.73. The number of hydrogen-bond acceptors (Lipinski definition) is 5. The van der Waals surface area contributed by atoms with Crippen molar-refractivity contribution in [2.45, 2.75) is 24.8 Å². The highest BCUT2D eigenvalue weighted by molar-refractivity contribution is 7.91. The van der Waals surface area contributed by atoms with Gasteiger partial charge in [-0.2, -0.15) is 0 Å². The molecule has 0 spiro atoms. The Bertz CT molecular complexity index is 633. The van der Waals surface area contributed by atoms with E-state index in [1.54, 1.807) is 12.1 Å². The average molecular weight is 321 g/mol. The minimum Gasteiger partial charge on any atom is -0.491 e. The number of sulfonamides is 1. The van der Waals surface area contributed by atoms with E-state index in [-0.39, 0.29) is 23.3 Å². The molecule has 1 aromatic rings. The number of sulfone groups is 1. The summed E-state index contributed by atoms with van der Waals surface area (Å²) in [5, 5.41) is 0. The molecule has 0 saturated heterocycles. The summed E-state index contributed by atoms with van der Waals surface area (Å²) in [5.74, 6) is 0.343. The maximum Gasteiger partial charge on any atom is 0.240 e. The smallest absolute Gasteiger partial charge is 0.240 e. The summed E-state index contributed by atoms with van der Waals surface area (Å²) in [6, 6.07) is 5.96. The molecule has 1 aromatic carbocycles. The van der Waals surface area contributed by atoms with E-state index in [1.807, 2.05) is 13.8 Å². The number of hydrogen-bond donors (Lipinski definition) is 1. The fourth-order valence-corrected chi connectivity index (χ4v) is 3.05. The first-order chi connectivity index (χ1) is 9.10. The predicted molar refractivity (Wildman–Crippen MR) is 77.1 cm³/mol. The van der Waals surface area contributed by atoms with Gasteiger partial charge >= 0.3 is 0 Å². The molecule has 114 valence electrons. The second-order valence-electron chi connectivity index (χ2n) is 4.67. The fourth-order valence-electron chi connectivity index (χ4n) is 1.41. The van der Waals surface area contributed by atoms with Gasteiger partial charge in [0.25, 0.3) is 0 Å². The normalized spacial score (nSPS) is 12.6. The van der Waals surface area contributed by atoms with E-state index >= 15 is 0 Å². The molecule has 0 bridgehead atoms. The molecular weight excluding hydrogens is 302 g/mol. The summed E-state index contributed by atoms with van der Waals surface area (Å²) >= 11 is 0. The molecule has 1 N–H and O–H groups in total. The summed E-state index contributed by atoms with van der Waals surface area (Å²) < 4.78 is 53.4. The first-order valence-electron chi connectivity index (χ1n) is 6.04. The van der Waals surface area contributed by atoms with Gasteiger partial charge in [0, 0.05) is 12.8 Å². The van der Waals surface area contributed by atoms with E-state index < -0.39 is 19.9 Å². The SMILES string of the molecule is CC(C)Oc1ccc(S(=O)(=O)NCCS(C)(=O)=O)cc1. The van der Waals surface area contributed by atoms with Gasteiger partial charge in [0.05, 0.1) is 16.8 Å². The maximum absolute atomic E-state index is 11.9. The number of rotatable bonds is 7. The van der Waals surface area contributed by atoms with Crippen molar-refractivity contribution in [3.63, 3.8) is 0 Å². The van der Waals surface area contributed by atoms with Crippen molar-refractivity contribution >= 4 is 19.9 Å². The van der Waals surface area contributed by atoms with Crippen LogP contribution in [0.3, 0.4) is 0 Å². The topological polar surface area (TPSA) is 89.5 Å². The third-order valence-electron chi connectivity index (χ3n) is 2.27. The number of ether oxygens (including phenoxy) is 1. The van der Waals surface area contributed by atoms with Crippen LogP contribution in [0.25, 0.3) is 0 Å². The molecule has 8 heteroatoms. The summed E-state index contributed by atoms with van der Waals surface area (Å²) in [6.45, 7) is 3.60. The monoisotopic (exact) mass is 321 g/mol. The highest BCUT2D eigenvalue weighted by Crippen LogP contribution is 2.16. The lowest BCUT2D eigenvalue weighted by Crippen LogP contribution is -2.28. The highest BCUT2D eigenvalue weighted by atomic mass is 32.2. The molecule has 6 nitrogen and oxygen atoms in total. The molecular formula is C12H19NO5S2. The Morgan fingerprint density at radius 2 is 1.65 bits per heavy atom. The van der Waals surface area contributed by atoms with Gasteiger partial charge in [0.15, 0.2) is 0 Å². The molecule has 0 aliphatic rings. The molecule has 0 atom stereocenters. The molecule has 0 heterocycles. The fraction of sp³-hybridized carbons (Fsp3) is 0.500. The van der Waals surface area contributed by atoms with Crippen LogP contribution in [0.5, 0.6) is 5.75 Å². The minimum atomic E-state index is -3.70. The van der Waals surface area contributed by atoms with Crippen molar-refractivity contribution in [3.05, 3.63) is 24.3 Å². The molecule has 0 aliphatic carbocycles. The van der Waals surface area contributed by atoms with Crippen molar-refractivity contribution in [2.24, 2.45) is 0 Å². The van der Waals surface area contributed by atoms with Crippen LogP contribution in [0, 0.1) is 0 Å². The van der Waals surface area contributed by atoms with Gasteiger partial charge in [-0.1, -0.05) is 0 Å². The van der Waals surface area contributed by atoms with Crippen LogP contribution in [-0.4, -0.2) is 41.5 Å². The van der Waals surface area contributed by atoms with Gasteiger partial charge in [-0.15, -0.1) is 0 Å². The van der Waals surface area contributed by atoms with Crippen LogP contribution >= 0.6 is 0 Å². The average Bonchev–Trinajstić information content (AvgIpc) is 2.26. The second kappa shape index (κ2) is 6.55. The Kier molecular flexibility index (Phi) is 5.55. The summed E-state index contributed by atoms with van der Waals surface area (Å²) in [7, 11) is -6.89. The molecule has 0 aliphatic heterocycles. The first kappa shape index (κ1) is 16.9. The van der Waals surface area contributed by atoms with E-state index in [2.05, 4.69) is 4.72 Å². The van der Waals surface area contributed by atoms with E-state index in [0.717, 1.165) is 6.26 Å². The number of nitrogens with one attached hydrogen (secondary N) is 1. The lowest BCUT2D eigenvalue weighted by molar-refractivity contribution is 0.242. The molecule has 0 aromatic heterocycles. The van der Waals surface area contributed by atoms with Gasteiger partial charge in [-0.05, 0) is 38.1 Å². The zero-order valence-electron chi connectivity index (χ0n) is 11.7. The van der Waals surface area contributed by atoms with Crippen molar-refractivity contribution in [1.82, 2.24) is 4.72 Å². The predicted octanol–water partition coefficient (Wildman–Crippen LogP) is 0.797. The first-order valence-corrected chi connectivity index (χ1v) is 9.58. The third kappa shape index (κ3) is 5.89. The minimum absolute atomic E-state index is 0.00495. The van der Waals surface area contributed by atoms with Crippen molar-refractivity contribution < 1.29 is 21.6 Å². The van der Waals surface area contributed by atoms with Crippen LogP contribution in [0.1, 0.15) is 13.8 Å². The van der Waals surface area contributed by atoms with Crippen molar-refractivity contribution in [2.75, 3.05) is 18.6 Å². The highest BCUT2D eigenvalue weighted by Gasteiger charge is 2.14. The Morgan fingerprint density at radius 3 is 2.10 bits per heavy atom. The standard InChI is InChI=1S/C12H19NO5S2/c1-10(2)18-11-4-6-12(7-5-11)20(16,17)13-8-9-19(3,14)15/h4-7,10,13H,8-9H2,1-3H3. The summed E-state index contributed by atoms with van der Waals surface area (Å²) in [5.41, 5.74) is 0. The summed E-state index contributed by atoms with van der Waals surface area (Å²) in [4.78, 5) is 0.0714. The third-order valence-corrected chi connectivity index (χ3v) is 4.69. The molecule has 0 amide bonds. The Morgan fingerprint density at radius 1 is 1.10 bits per heavy atom. The van der Waals surface area contributed by atoms with Crippen LogP contribution < -0.4 is 9.46 Å². The van der Waals surface area contributed by atoms with E-state index in [0.29, 0.717) is 5.75 Å². The molecule has 0 radical (unpaired) electrons. The second-order valence-corrected chi connectivity index (χ2v) is 8.69. The lowest BCUT2D eigenvalue weighted by atomic mass is 10.3. The summed E-state index contributed by atoms with van der Waals surface area (Å²) in [6.07, 6.45) is 1.06. The van der Waals surface area contributed by atoms with E-state index in [1.165, 1.54) is 12.1 Å². The zero-order chi connectivity index (χ0) is 15.4. The quantitative estimate of drug-likeness (QED) is 0.802. The maximum atomic E-state index is 11.9. The van der Waals surface area contributed by atoms with Crippen molar-refractivity contribution in [1.29, 1.82) is 0 Å². The molecule has 1 rings (SSSR count). The Labute approximate surface area is 120 Å². The van der Waals surface area contributed by atoms with Gasteiger partial charge in [0.2, 0.25) is 10.0 Å². The molecule has 0 fully saturated rings. The van der Waals surface area contributed by atoms with E-state index in [9.17, 15) is 16.8 Å². The van der Waals surface area contributed by atoms with Gasteiger partial charge in [-0.25, -0.2) is 21.6 Å². The molecule has 20 heavy (non-hydrogen) atoms. The van der Waals surface area contributed by atoms with E-state index in [4.69, 9.17) is 4.74 Å².